The predicted octanol–water partition coefficient (Wildman–Crippen LogP) is 1.68. The predicted molar refractivity (Wildman–Crippen MR) is 80.3 cm³/mol. The van der Waals surface area contributed by atoms with Crippen molar-refractivity contribution in [1.82, 2.24) is 4.90 Å². The molecule has 0 aromatic carbocycles. The van der Waals surface area contributed by atoms with Crippen molar-refractivity contribution < 1.29 is 27.2 Å². The van der Waals surface area contributed by atoms with Crippen molar-refractivity contribution in [3.8, 4) is 0 Å². The van der Waals surface area contributed by atoms with Crippen LogP contribution in [0.4, 0.5) is 4.79 Å². The zero-order valence-corrected chi connectivity index (χ0v) is 13.8. The molecule has 1 heterocycles. The minimum Gasteiger partial charge on any atom is -0.465 e. The third-order valence-electron chi connectivity index (χ3n) is 4.82. The molecule has 1 aliphatic carbocycles. The molecular formula is C14H25NO6S. The highest BCUT2D eigenvalue weighted by atomic mass is 32.2. The molecule has 1 amide bonds. The number of piperidine rings is 1. The average molecular weight is 335 g/mol. The second-order valence-electron chi connectivity index (χ2n) is 6.37. The topological polar surface area (TPSA) is 93.1 Å². The van der Waals surface area contributed by atoms with Gasteiger partial charge in [0.05, 0.1) is 25.6 Å². The van der Waals surface area contributed by atoms with Crippen LogP contribution in [-0.4, -0.2) is 63.2 Å². The highest BCUT2D eigenvalue weighted by molar-refractivity contribution is 7.85. The van der Waals surface area contributed by atoms with Crippen LogP contribution < -0.4 is 0 Å². The molecule has 0 unspecified atom stereocenters. The summed E-state index contributed by atoms with van der Waals surface area (Å²) >= 11 is 0. The van der Waals surface area contributed by atoms with Gasteiger partial charge in [0.1, 0.15) is 0 Å². The molecule has 1 spiro atoms. The van der Waals surface area contributed by atoms with Crippen molar-refractivity contribution >= 4 is 16.2 Å². The Morgan fingerprint density at radius 2 is 1.77 bits per heavy atom. The van der Waals surface area contributed by atoms with Crippen LogP contribution in [0.5, 0.6) is 0 Å². The Morgan fingerprint density at radius 3 is 2.27 bits per heavy atom. The van der Waals surface area contributed by atoms with Crippen molar-refractivity contribution in [3.63, 3.8) is 0 Å². The number of likely N-dealkylation sites (tertiary alicyclic amines) is 1. The van der Waals surface area contributed by atoms with Gasteiger partial charge in [-0.15, -0.1) is 0 Å². The zero-order valence-electron chi connectivity index (χ0n) is 13.0. The minimum atomic E-state index is -3.39. The summed E-state index contributed by atoms with van der Waals surface area (Å²) in [5.74, 6) is 0. The fraction of sp³-hybridized carbons (Fsp3) is 0.929. The van der Waals surface area contributed by atoms with Gasteiger partial charge in [-0.25, -0.2) is 4.79 Å². The Bertz CT molecular complexity index is 474. The van der Waals surface area contributed by atoms with E-state index < -0.39 is 16.2 Å². The van der Waals surface area contributed by atoms with Gasteiger partial charge in [-0.2, -0.15) is 8.42 Å². The molecule has 8 heteroatoms. The molecule has 1 saturated carbocycles. The van der Waals surface area contributed by atoms with Gasteiger partial charge in [0.2, 0.25) is 0 Å². The molecule has 1 saturated heterocycles. The van der Waals surface area contributed by atoms with Crippen LogP contribution in [0.1, 0.15) is 38.5 Å². The van der Waals surface area contributed by atoms with Crippen molar-refractivity contribution in [3.05, 3.63) is 0 Å². The van der Waals surface area contributed by atoms with Gasteiger partial charge in [0, 0.05) is 13.1 Å². The van der Waals surface area contributed by atoms with E-state index in [0.29, 0.717) is 13.1 Å². The lowest BCUT2D eigenvalue weighted by Crippen LogP contribution is -2.44. The van der Waals surface area contributed by atoms with Gasteiger partial charge in [0.15, 0.2) is 0 Å². The van der Waals surface area contributed by atoms with E-state index in [9.17, 15) is 13.2 Å². The monoisotopic (exact) mass is 335 g/mol. The van der Waals surface area contributed by atoms with Gasteiger partial charge >= 0.3 is 6.09 Å². The van der Waals surface area contributed by atoms with Crippen LogP contribution in [-0.2, 0) is 19.0 Å². The normalized spacial score (nSPS) is 22.9. The molecule has 2 aliphatic rings. The molecule has 2 rings (SSSR count). The Hall–Kier alpha value is -0.860. The van der Waals surface area contributed by atoms with E-state index in [-0.39, 0.29) is 24.7 Å². The summed E-state index contributed by atoms with van der Waals surface area (Å²) in [6, 6.07) is 0. The van der Waals surface area contributed by atoms with Crippen LogP contribution in [0.3, 0.4) is 0 Å². The lowest BCUT2D eigenvalue weighted by Gasteiger charge is -2.45. The number of carboxylic acid groups (broad SMARTS) is 1. The van der Waals surface area contributed by atoms with E-state index in [1.54, 1.807) is 0 Å². The molecule has 2 fully saturated rings. The molecule has 0 radical (unpaired) electrons. The van der Waals surface area contributed by atoms with E-state index in [1.165, 1.54) is 4.90 Å². The standard InChI is InChI=1S/C14H25NO6S/c1-22(18,19)21-11-10-20-12-2-4-14(5-3-12)6-8-15(9-7-14)13(16)17/h12H,2-11H2,1H3,(H,16,17). The third-order valence-corrected chi connectivity index (χ3v) is 5.42. The van der Waals surface area contributed by atoms with Gasteiger partial charge in [0.25, 0.3) is 10.1 Å². The lowest BCUT2D eigenvalue weighted by atomic mass is 9.67. The van der Waals surface area contributed by atoms with Crippen molar-refractivity contribution in [2.24, 2.45) is 5.41 Å². The Morgan fingerprint density at radius 1 is 1.18 bits per heavy atom. The van der Waals surface area contributed by atoms with Crippen molar-refractivity contribution in [2.75, 3.05) is 32.6 Å². The van der Waals surface area contributed by atoms with E-state index in [1.807, 2.05) is 0 Å². The molecule has 22 heavy (non-hydrogen) atoms. The van der Waals surface area contributed by atoms with E-state index in [2.05, 4.69) is 4.18 Å². The Balaban J connectivity index is 1.67. The first-order valence-corrected chi connectivity index (χ1v) is 9.55. The number of rotatable bonds is 5. The smallest absolute Gasteiger partial charge is 0.407 e. The second-order valence-corrected chi connectivity index (χ2v) is 8.01. The molecule has 0 aromatic rings. The molecule has 7 nitrogen and oxygen atoms in total. The highest BCUT2D eigenvalue weighted by Gasteiger charge is 2.39. The largest absolute Gasteiger partial charge is 0.465 e. The zero-order chi connectivity index (χ0) is 16.2. The molecule has 1 aliphatic heterocycles. The van der Waals surface area contributed by atoms with E-state index >= 15 is 0 Å². The first kappa shape index (κ1) is 17.5. The highest BCUT2D eigenvalue weighted by Crippen LogP contribution is 2.45. The lowest BCUT2D eigenvalue weighted by molar-refractivity contribution is -0.0284. The quantitative estimate of drug-likeness (QED) is 0.607. The summed E-state index contributed by atoms with van der Waals surface area (Å²) in [6.07, 6.45) is 6.24. The summed E-state index contributed by atoms with van der Waals surface area (Å²) in [4.78, 5) is 12.4. The summed E-state index contributed by atoms with van der Waals surface area (Å²) in [5, 5.41) is 9.00. The second kappa shape index (κ2) is 7.14. The van der Waals surface area contributed by atoms with Crippen molar-refractivity contribution in [2.45, 2.75) is 44.6 Å². The first-order valence-electron chi connectivity index (χ1n) is 7.74. The average Bonchev–Trinajstić information content (AvgIpc) is 2.45. The van der Waals surface area contributed by atoms with Crippen LogP contribution in [0.25, 0.3) is 0 Å². The number of carbonyl (C=O) groups is 1. The van der Waals surface area contributed by atoms with Crippen LogP contribution in [0, 0.1) is 5.41 Å². The van der Waals surface area contributed by atoms with E-state index in [0.717, 1.165) is 44.8 Å². The first-order chi connectivity index (χ1) is 10.3. The molecule has 0 aromatic heterocycles. The number of hydrogen-bond acceptors (Lipinski definition) is 5. The SMILES string of the molecule is CS(=O)(=O)OCCOC1CCC2(CC1)CCN(C(=O)O)CC2. The van der Waals surface area contributed by atoms with Gasteiger partial charge < -0.3 is 14.7 Å². The minimum absolute atomic E-state index is 0.0635. The Kier molecular flexibility index (Phi) is 5.68. The summed E-state index contributed by atoms with van der Waals surface area (Å²) in [5.41, 5.74) is 0.273. The molecule has 0 bridgehead atoms. The fourth-order valence-electron chi connectivity index (χ4n) is 3.44. The molecule has 128 valence electrons. The molecule has 1 N–H and O–H groups in total. The summed E-state index contributed by atoms with van der Waals surface area (Å²) in [6.45, 7) is 1.61. The van der Waals surface area contributed by atoms with Gasteiger partial charge in [-0.1, -0.05) is 0 Å². The maximum absolute atomic E-state index is 10.9. The Labute approximate surface area is 131 Å². The van der Waals surface area contributed by atoms with E-state index in [4.69, 9.17) is 9.84 Å². The maximum Gasteiger partial charge on any atom is 0.407 e. The number of amides is 1. The number of hydrogen-bond donors (Lipinski definition) is 1. The number of nitrogens with zero attached hydrogens (tertiary/aromatic N) is 1. The summed E-state index contributed by atoms with van der Waals surface area (Å²) < 4.78 is 32.0. The number of ether oxygens (including phenoxy) is 1. The van der Waals surface area contributed by atoms with Gasteiger partial charge in [-0.05, 0) is 43.9 Å². The van der Waals surface area contributed by atoms with Crippen LogP contribution >= 0.6 is 0 Å². The van der Waals surface area contributed by atoms with Crippen LogP contribution in [0.15, 0.2) is 0 Å². The summed E-state index contributed by atoms with van der Waals surface area (Å²) in [7, 11) is -3.39. The van der Waals surface area contributed by atoms with Gasteiger partial charge in [-0.3, -0.25) is 4.18 Å². The fourth-order valence-corrected chi connectivity index (χ4v) is 3.81. The molecule has 0 atom stereocenters. The van der Waals surface area contributed by atoms with Crippen molar-refractivity contribution in [1.29, 1.82) is 0 Å². The maximum atomic E-state index is 10.9. The third kappa shape index (κ3) is 5.10. The van der Waals surface area contributed by atoms with Crippen LogP contribution in [0.2, 0.25) is 0 Å². The molecular weight excluding hydrogens is 310 g/mol.